The third-order valence-corrected chi connectivity index (χ3v) is 4.52. The van der Waals surface area contributed by atoms with Crippen LogP contribution in [0.3, 0.4) is 0 Å². The van der Waals surface area contributed by atoms with Gasteiger partial charge < -0.3 is 13.9 Å². The van der Waals surface area contributed by atoms with Crippen LogP contribution in [0.2, 0.25) is 0 Å². The average Bonchev–Trinajstić information content (AvgIpc) is 2.86. The third kappa shape index (κ3) is 2.97. The third-order valence-electron chi connectivity index (χ3n) is 4.52. The number of alkyl halides is 3. The lowest BCUT2D eigenvalue weighted by Crippen LogP contribution is -2.41. The topological polar surface area (TPSA) is 36.3 Å². The van der Waals surface area contributed by atoms with Crippen LogP contribution in [-0.2, 0) is 15.9 Å². The summed E-state index contributed by atoms with van der Waals surface area (Å²) in [6.07, 6.45) is -3.10. The maximum atomic E-state index is 12.7. The molecule has 2 aromatic rings. The molecule has 1 aromatic heterocycles. The number of imidazole rings is 1. The average molecular weight is 326 g/mol. The van der Waals surface area contributed by atoms with E-state index in [4.69, 9.17) is 9.31 Å². The first-order valence-corrected chi connectivity index (χ1v) is 7.36. The zero-order valence-electron chi connectivity index (χ0n) is 13.4. The van der Waals surface area contributed by atoms with Crippen LogP contribution in [0.4, 0.5) is 13.2 Å². The van der Waals surface area contributed by atoms with E-state index >= 15 is 0 Å². The number of hydrogen-bond donors (Lipinski definition) is 0. The van der Waals surface area contributed by atoms with Gasteiger partial charge in [0.05, 0.1) is 28.6 Å². The van der Waals surface area contributed by atoms with Gasteiger partial charge in [0.15, 0.2) is 0 Å². The quantitative estimate of drug-likeness (QED) is 0.796. The molecule has 1 aliphatic heterocycles. The van der Waals surface area contributed by atoms with Crippen LogP contribution in [0.15, 0.2) is 24.5 Å². The van der Waals surface area contributed by atoms with Crippen molar-refractivity contribution in [3.63, 3.8) is 0 Å². The fourth-order valence-electron chi connectivity index (χ4n) is 2.52. The molecule has 3 rings (SSSR count). The zero-order valence-corrected chi connectivity index (χ0v) is 13.4. The van der Waals surface area contributed by atoms with Crippen molar-refractivity contribution in [1.82, 2.24) is 9.55 Å². The SMILES string of the molecule is CC1(C)OB(c2ccc3ncn(CC(F)(F)F)c3c2)OC1(C)C. The normalized spacial score (nSPS) is 20.4. The molecule has 0 radical (unpaired) electrons. The summed E-state index contributed by atoms with van der Waals surface area (Å²) < 4.78 is 50.9. The summed E-state index contributed by atoms with van der Waals surface area (Å²) in [6.45, 7) is 6.65. The molecule has 0 amide bonds. The second-order valence-electron chi connectivity index (χ2n) is 6.82. The van der Waals surface area contributed by atoms with Crippen LogP contribution >= 0.6 is 0 Å². The Morgan fingerprint density at radius 3 is 2.30 bits per heavy atom. The lowest BCUT2D eigenvalue weighted by atomic mass is 9.79. The Balaban J connectivity index is 1.96. The Hall–Kier alpha value is -1.54. The highest BCUT2D eigenvalue weighted by Gasteiger charge is 2.51. The maximum absolute atomic E-state index is 12.7. The van der Waals surface area contributed by atoms with Crippen LogP contribution in [0, 0.1) is 0 Å². The zero-order chi connectivity index (χ0) is 17.0. The summed E-state index contributed by atoms with van der Waals surface area (Å²) in [6, 6.07) is 5.11. The predicted molar refractivity (Wildman–Crippen MR) is 81.5 cm³/mol. The number of halogens is 3. The molecule has 0 aliphatic carbocycles. The summed E-state index contributed by atoms with van der Waals surface area (Å²) in [5.74, 6) is 0. The number of benzene rings is 1. The Morgan fingerprint density at radius 2 is 1.74 bits per heavy atom. The van der Waals surface area contributed by atoms with Gasteiger partial charge in [-0.1, -0.05) is 6.07 Å². The van der Waals surface area contributed by atoms with E-state index in [2.05, 4.69) is 4.98 Å². The van der Waals surface area contributed by atoms with Crippen molar-refractivity contribution in [3.8, 4) is 0 Å². The first kappa shape index (κ1) is 16.3. The highest BCUT2D eigenvalue weighted by molar-refractivity contribution is 6.62. The van der Waals surface area contributed by atoms with Crippen molar-refractivity contribution < 1.29 is 22.5 Å². The monoisotopic (exact) mass is 326 g/mol. The molecule has 8 heteroatoms. The minimum absolute atomic E-state index is 0.412. The van der Waals surface area contributed by atoms with Crippen molar-refractivity contribution >= 4 is 23.6 Å². The molecular weight excluding hydrogens is 308 g/mol. The second-order valence-corrected chi connectivity index (χ2v) is 6.82. The van der Waals surface area contributed by atoms with E-state index in [-0.39, 0.29) is 0 Å². The Kier molecular flexibility index (Phi) is 3.53. The fraction of sp³-hybridized carbons (Fsp3) is 0.533. The molecule has 1 saturated heterocycles. The highest BCUT2D eigenvalue weighted by Crippen LogP contribution is 2.36. The molecule has 124 valence electrons. The van der Waals surface area contributed by atoms with Gasteiger partial charge >= 0.3 is 13.3 Å². The first-order chi connectivity index (χ1) is 10.5. The van der Waals surface area contributed by atoms with Crippen LogP contribution in [0.1, 0.15) is 27.7 Å². The molecular formula is C15H18BF3N2O2. The lowest BCUT2D eigenvalue weighted by Gasteiger charge is -2.32. The van der Waals surface area contributed by atoms with E-state index in [0.29, 0.717) is 16.5 Å². The van der Waals surface area contributed by atoms with Crippen molar-refractivity contribution in [1.29, 1.82) is 0 Å². The second kappa shape index (κ2) is 4.98. The van der Waals surface area contributed by atoms with E-state index < -0.39 is 31.0 Å². The standard InChI is InChI=1S/C15H18BF3N2O2/c1-13(2)14(3,4)23-16(22-13)10-5-6-11-12(7-10)21(9-20-11)8-15(17,18)19/h5-7,9H,8H2,1-4H3. The Labute approximate surface area is 132 Å². The minimum Gasteiger partial charge on any atom is -0.399 e. The summed E-state index contributed by atoms with van der Waals surface area (Å²) >= 11 is 0. The van der Waals surface area contributed by atoms with Crippen molar-refractivity contribution in [2.75, 3.05) is 0 Å². The molecule has 4 nitrogen and oxygen atoms in total. The number of hydrogen-bond acceptors (Lipinski definition) is 3. The van der Waals surface area contributed by atoms with E-state index in [1.807, 2.05) is 27.7 Å². The van der Waals surface area contributed by atoms with Crippen LogP contribution in [0.5, 0.6) is 0 Å². The van der Waals surface area contributed by atoms with Crippen LogP contribution < -0.4 is 5.46 Å². The number of aromatic nitrogens is 2. The molecule has 0 saturated carbocycles. The smallest absolute Gasteiger partial charge is 0.399 e. The Bertz CT molecular complexity index is 724. The largest absolute Gasteiger partial charge is 0.494 e. The first-order valence-electron chi connectivity index (χ1n) is 7.36. The number of nitrogens with zero attached hydrogens (tertiary/aromatic N) is 2. The van der Waals surface area contributed by atoms with Gasteiger partial charge in [-0.05, 0) is 45.3 Å². The van der Waals surface area contributed by atoms with E-state index in [1.165, 1.54) is 6.33 Å². The fourth-order valence-corrected chi connectivity index (χ4v) is 2.52. The van der Waals surface area contributed by atoms with E-state index in [0.717, 1.165) is 4.57 Å². The van der Waals surface area contributed by atoms with Crippen LogP contribution in [-0.4, -0.2) is 34.0 Å². The molecule has 0 N–H and O–H groups in total. The minimum atomic E-state index is -4.30. The molecule has 0 bridgehead atoms. The molecule has 0 spiro atoms. The van der Waals surface area contributed by atoms with Crippen molar-refractivity contribution in [2.24, 2.45) is 0 Å². The summed E-state index contributed by atoms with van der Waals surface area (Å²) in [4.78, 5) is 4.01. The molecule has 0 unspecified atom stereocenters. The lowest BCUT2D eigenvalue weighted by molar-refractivity contribution is -0.139. The van der Waals surface area contributed by atoms with Gasteiger partial charge in [0.1, 0.15) is 6.54 Å². The van der Waals surface area contributed by atoms with Gasteiger partial charge in [-0.2, -0.15) is 13.2 Å². The van der Waals surface area contributed by atoms with Gasteiger partial charge in [0, 0.05) is 0 Å². The molecule has 1 aromatic carbocycles. The molecule has 1 aliphatic rings. The van der Waals surface area contributed by atoms with Gasteiger partial charge in [0.2, 0.25) is 0 Å². The molecule has 23 heavy (non-hydrogen) atoms. The number of rotatable bonds is 2. The van der Waals surface area contributed by atoms with Gasteiger partial charge in [-0.3, -0.25) is 0 Å². The summed E-state index contributed by atoms with van der Waals surface area (Å²) in [7, 11) is -0.612. The van der Waals surface area contributed by atoms with Crippen molar-refractivity contribution in [3.05, 3.63) is 24.5 Å². The Morgan fingerprint density at radius 1 is 1.13 bits per heavy atom. The van der Waals surface area contributed by atoms with Crippen molar-refractivity contribution in [2.45, 2.75) is 51.6 Å². The molecule has 0 atom stereocenters. The van der Waals surface area contributed by atoms with Gasteiger partial charge in [-0.15, -0.1) is 0 Å². The van der Waals surface area contributed by atoms with Crippen LogP contribution in [0.25, 0.3) is 11.0 Å². The highest BCUT2D eigenvalue weighted by atomic mass is 19.4. The van der Waals surface area contributed by atoms with E-state index in [9.17, 15) is 13.2 Å². The molecule has 2 heterocycles. The van der Waals surface area contributed by atoms with Gasteiger partial charge in [0.25, 0.3) is 0 Å². The molecule has 1 fully saturated rings. The predicted octanol–water partition coefficient (Wildman–Crippen LogP) is 2.90. The summed E-state index contributed by atoms with van der Waals surface area (Å²) in [5, 5.41) is 0. The number of fused-ring (bicyclic) bond motifs is 1. The maximum Gasteiger partial charge on any atom is 0.494 e. The van der Waals surface area contributed by atoms with Gasteiger partial charge in [-0.25, -0.2) is 4.98 Å². The summed E-state index contributed by atoms with van der Waals surface area (Å²) in [5.41, 5.74) is 0.599. The van der Waals surface area contributed by atoms with E-state index in [1.54, 1.807) is 18.2 Å².